The van der Waals surface area contributed by atoms with E-state index in [9.17, 15) is 4.79 Å². The Morgan fingerprint density at radius 2 is 2.00 bits per heavy atom. The first-order chi connectivity index (χ1) is 10.7. The molecule has 1 unspecified atom stereocenters. The van der Waals surface area contributed by atoms with E-state index in [-0.39, 0.29) is 11.9 Å². The third-order valence-corrected chi connectivity index (χ3v) is 3.70. The standard InChI is InChI=1S/C19H22N2O/c1-3-16(2)21(15-18-8-5-4-6-9-18)19(22)12-11-17-10-7-13-20-14-17/h4-14,16H,3,15H2,1-2H3/b12-11+. The Morgan fingerprint density at radius 3 is 2.64 bits per heavy atom. The van der Waals surface area contributed by atoms with Gasteiger partial charge in [0.1, 0.15) is 0 Å². The van der Waals surface area contributed by atoms with Gasteiger partial charge in [-0.1, -0.05) is 43.3 Å². The van der Waals surface area contributed by atoms with E-state index >= 15 is 0 Å². The second kappa shape index (κ2) is 8.13. The molecule has 0 bridgehead atoms. The molecule has 2 aromatic rings. The van der Waals surface area contributed by atoms with Crippen LogP contribution < -0.4 is 0 Å². The molecule has 3 nitrogen and oxygen atoms in total. The van der Waals surface area contributed by atoms with Gasteiger partial charge in [0.05, 0.1) is 0 Å². The SMILES string of the molecule is CCC(C)N(Cc1ccccc1)C(=O)/C=C/c1cccnc1. The molecule has 1 aromatic carbocycles. The van der Waals surface area contributed by atoms with Crippen LogP contribution >= 0.6 is 0 Å². The van der Waals surface area contributed by atoms with Crippen molar-refractivity contribution in [2.24, 2.45) is 0 Å². The molecule has 0 radical (unpaired) electrons. The summed E-state index contributed by atoms with van der Waals surface area (Å²) in [5, 5.41) is 0. The van der Waals surface area contributed by atoms with Crippen molar-refractivity contribution in [2.45, 2.75) is 32.9 Å². The summed E-state index contributed by atoms with van der Waals surface area (Å²) in [5.41, 5.74) is 2.07. The molecule has 1 heterocycles. The average molecular weight is 294 g/mol. The molecule has 1 amide bonds. The molecule has 114 valence electrons. The molecule has 1 aromatic heterocycles. The van der Waals surface area contributed by atoms with E-state index in [0.29, 0.717) is 6.54 Å². The van der Waals surface area contributed by atoms with E-state index in [4.69, 9.17) is 0 Å². The van der Waals surface area contributed by atoms with Gasteiger partial charge in [0.2, 0.25) is 5.91 Å². The van der Waals surface area contributed by atoms with Crippen LogP contribution in [-0.4, -0.2) is 21.8 Å². The van der Waals surface area contributed by atoms with Crippen molar-refractivity contribution >= 4 is 12.0 Å². The monoisotopic (exact) mass is 294 g/mol. The first-order valence-electron chi connectivity index (χ1n) is 7.63. The van der Waals surface area contributed by atoms with Crippen molar-refractivity contribution in [3.05, 3.63) is 72.1 Å². The van der Waals surface area contributed by atoms with Crippen LogP contribution in [0, 0.1) is 0 Å². The molecular weight excluding hydrogens is 272 g/mol. The maximum atomic E-state index is 12.5. The molecule has 0 aliphatic carbocycles. The summed E-state index contributed by atoms with van der Waals surface area (Å²) in [6.07, 6.45) is 7.84. The zero-order chi connectivity index (χ0) is 15.8. The molecule has 3 heteroatoms. The lowest BCUT2D eigenvalue weighted by Gasteiger charge is -2.27. The van der Waals surface area contributed by atoms with Crippen LogP contribution in [0.25, 0.3) is 6.08 Å². The summed E-state index contributed by atoms with van der Waals surface area (Å²) in [6.45, 7) is 4.81. The maximum Gasteiger partial charge on any atom is 0.247 e. The van der Waals surface area contributed by atoms with Gasteiger partial charge in [-0.25, -0.2) is 0 Å². The zero-order valence-corrected chi connectivity index (χ0v) is 13.1. The largest absolute Gasteiger partial charge is 0.332 e. The summed E-state index contributed by atoms with van der Waals surface area (Å²) < 4.78 is 0. The highest BCUT2D eigenvalue weighted by Gasteiger charge is 2.16. The zero-order valence-electron chi connectivity index (χ0n) is 13.1. The van der Waals surface area contributed by atoms with Crippen LogP contribution in [0.1, 0.15) is 31.4 Å². The summed E-state index contributed by atoms with van der Waals surface area (Å²) in [5.74, 6) is 0.0297. The second-order valence-electron chi connectivity index (χ2n) is 5.33. The number of amides is 1. The molecule has 0 aliphatic rings. The van der Waals surface area contributed by atoms with E-state index in [1.54, 1.807) is 18.5 Å². The van der Waals surface area contributed by atoms with Crippen LogP contribution in [-0.2, 0) is 11.3 Å². The Hall–Kier alpha value is -2.42. The smallest absolute Gasteiger partial charge is 0.247 e. The van der Waals surface area contributed by atoms with Gasteiger partial charge >= 0.3 is 0 Å². The fourth-order valence-electron chi connectivity index (χ4n) is 2.19. The van der Waals surface area contributed by atoms with Crippen molar-refractivity contribution < 1.29 is 4.79 Å². The van der Waals surface area contributed by atoms with Gasteiger partial charge in [-0.15, -0.1) is 0 Å². The highest BCUT2D eigenvalue weighted by Crippen LogP contribution is 2.12. The van der Waals surface area contributed by atoms with Crippen molar-refractivity contribution in [1.82, 2.24) is 9.88 Å². The number of aromatic nitrogens is 1. The van der Waals surface area contributed by atoms with Crippen LogP contribution in [0.3, 0.4) is 0 Å². The molecule has 0 N–H and O–H groups in total. The fourth-order valence-corrected chi connectivity index (χ4v) is 2.19. The quantitative estimate of drug-likeness (QED) is 0.756. The number of pyridine rings is 1. The van der Waals surface area contributed by atoms with Crippen LogP contribution in [0.15, 0.2) is 60.9 Å². The number of hydrogen-bond donors (Lipinski definition) is 0. The van der Waals surface area contributed by atoms with E-state index in [0.717, 1.165) is 17.5 Å². The van der Waals surface area contributed by atoms with Crippen molar-refractivity contribution in [3.8, 4) is 0 Å². The molecule has 22 heavy (non-hydrogen) atoms. The number of carbonyl (C=O) groups is 1. The molecule has 0 spiro atoms. The van der Waals surface area contributed by atoms with Gasteiger partial charge < -0.3 is 4.90 Å². The first kappa shape index (κ1) is 16.0. The maximum absolute atomic E-state index is 12.5. The highest BCUT2D eigenvalue weighted by atomic mass is 16.2. The number of benzene rings is 1. The number of rotatable bonds is 6. The predicted molar refractivity (Wildman–Crippen MR) is 90.0 cm³/mol. The number of carbonyl (C=O) groups excluding carboxylic acids is 1. The summed E-state index contributed by atoms with van der Waals surface area (Å²) >= 11 is 0. The van der Waals surface area contributed by atoms with Gasteiger partial charge in [-0.3, -0.25) is 9.78 Å². The lowest BCUT2D eigenvalue weighted by Crippen LogP contribution is -2.36. The summed E-state index contributed by atoms with van der Waals surface area (Å²) in [4.78, 5) is 18.5. The van der Waals surface area contributed by atoms with E-state index in [1.807, 2.05) is 53.4 Å². The molecule has 1 atom stereocenters. The fraction of sp³-hybridized carbons (Fsp3) is 0.263. The molecule has 2 rings (SSSR count). The van der Waals surface area contributed by atoms with Crippen molar-refractivity contribution in [1.29, 1.82) is 0 Å². The Balaban J connectivity index is 2.11. The topological polar surface area (TPSA) is 33.2 Å². The summed E-state index contributed by atoms with van der Waals surface area (Å²) in [7, 11) is 0. The third kappa shape index (κ3) is 4.55. The van der Waals surface area contributed by atoms with Gasteiger partial charge in [-0.2, -0.15) is 0 Å². The van der Waals surface area contributed by atoms with Crippen LogP contribution in [0.4, 0.5) is 0 Å². The van der Waals surface area contributed by atoms with E-state index in [1.165, 1.54) is 0 Å². The Bertz CT molecular complexity index is 608. The van der Waals surface area contributed by atoms with E-state index < -0.39 is 0 Å². The minimum Gasteiger partial charge on any atom is -0.332 e. The predicted octanol–water partition coefficient (Wildman–Crippen LogP) is 3.92. The number of hydrogen-bond acceptors (Lipinski definition) is 2. The number of nitrogens with zero attached hydrogens (tertiary/aromatic N) is 2. The third-order valence-electron chi connectivity index (χ3n) is 3.70. The van der Waals surface area contributed by atoms with Gasteiger partial charge in [0, 0.05) is 31.1 Å². The van der Waals surface area contributed by atoms with Gasteiger partial charge in [-0.05, 0) is 36.6 Å². The minimum absolute atomic E-state index is 0.0297. The molecule has 0 saturated heterocycles. The van der Waals surface area contributed by atoms with Gasteiger partial charge in [0.25, 0.3) is 0 Å². The van der Waals surface area contributed by atoms with Crippen molar-refractivity contribution in [2.75, 3.05) is 0 Å². The van der Waals surface area contributed by atoms with E-state index in [2.05, 4.69) is 18.8 Å². The van der Waals surface area contributed by atoms with Crippen LogP contribution in [0.2, 0.25) is 0 Å². The normalized spacial score (nSPS) is 12.3. The molecular formula is C19H22N2O. The lowest BCUT2D eigenvalue weighted by molar-refractivity contribution is -0.128. The lowest BCUT2D eigenvalue weighted by atomic mass is 10.1. The molecule has 0 saturated carbocycles. The molecule has 0 fully saturated rings. The minimum atomic E-state index is 0.0297. The summed E-state index contributed by atoms with van der Waals surface area (Å²) in [6, 6.07) is 14.1. The highest BCUT2D eigenvalue weighted by molar-refractivity contribution is 5.91. The van der Waals surface area contributed by atoms with Crippen LogP contribution in [0.5, 0.6) is 0 Å². The first-order valence-corrected chi connectivity index (χ1v) is 7.63. The average Bonchev–Trinajstić information content (AvgIpc) is 2.58. The van der Waals surface area contributed by atoms with Crippen molar-refractivity contribution in [3.63, 3.8) is 0 Å². The Labute approximate surface area is 132 Å². The molecule has 0 aliphatic heterocycles. The Morgan fingerprint density at radius 1 is 1.23 bits per heavy atom. The van der Waals surface area contributed by atoms with Gasteiger partial charge in [0.15, 0.2) is 0 Å². The second-order valence-corrected chi connectivity index (χ2v) is 5.33. The Kier molecular flexibility index (Phi) is 5.90.